The lowest BCUT2D eigenvalue weighted by molar-refractivity contribution is -0.144. The topological polar surface area (TPSA) is 58.6 Å². The van der Waals surface area contributed by atoms with Crippen molar-refractivity contribution in [3.8, 4) is 0 Å². The molecule has 1 aromatic rings. The Balaban J connectivity index is 1.64. The Morgan fingerprint density at radius 3 is 2.71 bits per heavy atom. The van der Waals surface area contributed by atoms with Gasteiger partial charge in [-0.2, -0.15) is 11.8 Å². The number of hydrogen-bond acceptors (Lipinski definition) is 6. The number of morpholine rings is 1. The molecule has 0 spiro atoms. The van der Waals surface area contributed by atoms with Gasteiger partial charge in [-0.25, -0.2) is 14.4 Å². The number of aromatic nitrogens is 2. The third kappa shape index (κ3) is 3.44. The van der Waals surface area contributed by atoms with Crippen LogP contribution in [0.1, 0.15) is 0 Å². The van der Waals surface area contributed by atoms with Gasteiger partial charge < -0.3 is 14.5 Å². The number of hydrogen-bond donors (Lipinski definition) is 0. The Labute approximate surface area is 126 Å². The maximum atomic E-state index is 12.9. The molecule has 0 aliphatic carbocycles. The van der Waals surface area contributed by atoms with Crippen LogP contribution >= 0.6 is 11.8 Å². The number of amides is 1. The average Bonchev–Trinajstić information content (AvgIpc) is 2.56. The summed E-state index contributed by atoms with van der Waals surface area (Å²) >= 11 is 1.86. The van der Waals surface area contributed by atoms with Crippen molar-refractivity contribution in [1.82, 2.24) is 14.9 Å². The fraction of sp³-hybridized carbons (Fsp3) is 0.615. The van der Waals surface area contributed by atoms with Crippen molar-refractivity contribution >= 4 is 23.6 Å². The van der Waals surface area contributed by atoms with E-state index in [4.69, 9.17) is 4.74 Å². The molecule has 2 saturated heterocycles. The molecule has 0 radical (unpaired) electrons. The van der Waals surface area contributed by atoms with Crippen molar-refractivity contribution in [2.24, 2.45) is 0 Å². The predicted molar refractivity (Wildman–Crippen MR) is 77.8 cm³/mol. The fourth-order valence-electron chi connectivity index (χ4n) is 2.44. The largest absolute Gasteiger partial charge is 0.365 e. The molecule has 8 heteroatoms. The monoisotopic (exact) mass is 312 g/mol. The molecule has 3 rings (SSSR count). The Kier molecular flexibility index (Phi) is 4.54. The lowest BCUT2D eigenvalue weighted by atomic mass is 10.2. The van der Waals surface area contributed by atoms with Crippen LogP contribution in [0.15, 0.2) is 12.4 Å². The third-order valence-corrected chi connectivity index (χ3v) is 4.50. The van der Waals surface area contributed by atoms with Gasteiger partial charge >= 0.3 is 0 Å². The molecule has 1 aromatic heterocycles. The zero-order valence-corrected chi connectivity index (χ0v) is 12.4. The predicted octanol–water partition coefficient (Wildman–Crippen LogP) is 0.396. The molecule has 0 bridgehead atoms. The molecule has 1 atom stereocenters. The van der Waals surface area contributed by atoms with Crippen LogP contribution in [0.5, 0.6) is 0 Å². The van der Waals surface area contributed by atoms with Crippen LogP contribution in [0.2, 0.25) is 0 Å². The van der Waals surface area contributed by atoms with Crippen molar-refractivity contribution in [3.63, 3.8) is 0 Å². The number of ether oxygens (including phenoxy) is 1. The van der Waals surface area contributed by atoms with Gasteiger partial charge in [0.1, 0.15) is 0 Å². The van der Waals surface area contributed by atoms with E-state index in [1.54, 1.807) is 0 Å². The zero-order valence-electron chi connectivity index (χ0n) is 11.6. The van der Waals surface area contributed by atoms with Gasteiger partial charge in [-0.1, -0.05) is 0 Å². The molecule has 3 heterocycles. The summed E-state index contributed by atoms with van der Waals surface area (Å²) in [5.41, 5.74) is 0. The first-order valence-corrected chi connectivity index (χ1v) is 8.10. The van der Waals surface area contributed by atoms with Gasteiger partial charge in [0, 0.05) is 31.1 Å². The molecule has 6 nitrogen and oxygen atoms in total. The Morgan fingerprint density at radius 1 is 1.29 bits per heavy atom. The highest BCUT2D eigenvalue weighted by atomic mass is 32.2. The number of halogens is 1. The summed E-state index contributed by atoms with van der Waals surface area (Å²) in [7, 11) is 0. The lowest BCUT2D eigenvalue weighted by Gasteiger charge is -2.36. The second kappa shape index (κ2) is 6.57. The van der Waals surface area contributed by atoms with E-state index in [1.165, 1.54) is 0 Å². The first-order valence-electron chi connectivity index (χ1n) is 6.94. The van der Waals surface area contributed by atoms with Crippen molar-refractivity contribution < 1.29 is 13.9 Å². The van der Waals surface area contributed by atoms with Crippen LogP contribution in [0.25, 0.3) is 0 Å². The van der Waals surface area contributed by atoms with E-state index in [0.717, 1.165) is 37.0 Å². The molecule has 21 heavy (non-hydrogen) atoms. The van der Waals surface area contributed by atoms with Crippen molar-refractivity contribution in [2.45, 2.75) is 6.10 Å². The lowest BCUT2D eigenvalue weighted by Crippen LogP contribution is -2.53. The molecule has 114 valence electrons. The minimum Gasteiger partial charge on any atom is -0.365 e. The summed E-state index contributed by atoms with van der Waals surface area (Å²) in [5, 5.41) is 0. The zero-order chi connectivity index (χ0) is 14.7. The molecule has 1 amide bonds. The maximum Gasteiger partial charge on any atom is 0.253 e. The Morgan fingerprint density at radius 2 is 2.00 bits per heavy atom. The molecular formula is C13H17FN4O2S. The SMILES string of the molecule is O=C(C1CN(c2ncc(F)cn2)CCO1)N1CCSCC1. The normalized spacial score (nSPS) is 23.2. The van der Waals surface area contributed by atoms with Gasteiger partial charge in [-0.3, -0.25) is 4.79 Å². The maximum absolute atomic E-state index is 12.9. The van der Waals surface area contributed by atoms with Crippen molar-refractivity contribution in [3.05, 3.63) is 18.2 Å². The van der Waals surface area contributed by atoms with Crippen LogP contribution in [0.3, 0.4) is 0 Å². The number of anilines is 1. The van der Waals surface area contributed by atoms with E-state index in [9.17, 15) is 9.18 Å². The van der Waals surface area contributed by atoms with E-state index in [-0.39, 0.29) is 5.91 Å². The second-order valence-corrected chi connectivity index (χ2v) is 6.17. The summed E-state index contributed by atoms with van der Waals surface area (Å²) in [6, 6.07) is 0. The standard InChI is InChI=1S/C13H17FN4O2S/c14-10-7-15-13(16-8-10)18-1-4-20-11(9-18)12(19)17-2-5-21-6-3-17/h7-8,11H,1-6,9H2. The summed E-state index contributed by atoms with van der Waals surface area (Å²) < 4.78 is 18.5. The van der Waals surface area contributed by atoms with E-state index in [0.29, 0.717) is 25.6 Å². The van der Waals surface area contributed by atoms with Crippen LogP contribution < -0.4 is 4.90 Å². The van der Waals surface area contributed by atoms with E-state index in [2.05, 4.69) is 9.97 Å². The van der Waals surface area contributed by atoms with Gasteiger partial charge in [0.15, 0.2) is 11.9 Å². The van der Waals surface area contributed by atoms with Gasteiger partial charge in [0.2, 0.25) is 5.95 Å². The van der Waals surface area contributed by atoms with Gasteiger partial charge in [0.25, 0.3) is 5.91 Å². The number of carbonyl (C=O) groups excluding carboxylic acids is 1. The highest BCUT2D eigenvalue weighted by molar-refractivity contribution is 7.99. The van der Waals surface area contributed by atoms with Gasteiger partial charge in [-0.05, 0) is 0 Å². The highest BCUT2D eigenvalue weighted by Crippen LogP contribution is 2.16. The fourth-order valence-corrected chi connectivity index (χ4v) is 3.34. The van der Waals surface area contributed by atoms with Crippen molar-refractivity contribution in [1.29, 1.82) is 0 Å². The quantitative estimate of drug-likeness (QED) is 0.788. The van der Waals surface area contributed by atoms with E-state index in [1.807, 2.05) is 21.6 Å². The van der Waals surface area contributed by atoms with Crippen LogP contribution in [-0.2, 0) is 9.53 Å². The summed E-state index contributed by atoms with van der Waals surface area (Å²) in [6.07, 6.45) is 1.78. The number of carbonyl (C=O) groups is 1. The highest BCUT2D eigenvalue weighted by Gasteiger charge is 2.31. The molecule has 0 saturated carbocycles. The van der Waals surface area contributed by atoms with E-state index < -0.39 is 11.9 Å². The summed E-state index contributed by atoms with van der Waals surface area (Å²) in [5.74, 6) is 1.95. The molecule has 1 unspecified atom stereocenters. The third-order valence-electron chi connectivity index (χ3n) is 3.55. The van der Waals surface area contributed by atoms with Crippen LogP contribution in [0, 0.1) is 5.82 Å². The number of nitrogens with zero attached hydrogens (tertiary/aromatic N) is 4. The van der Waals surface area contributed by atoms with Crippen LogP contribution in [-0.4, -0.2) is 71.2 Å². The molecule has 0 aromatic carbocycles. The first-order chi connectivity index (χ1) is 10.2. The Hall–Kier alpha value is -1.41. The molecule has 0 N–H and O–H groups in total. The minimum atomic E-state index is -0.490. The number of thioether (sulfide) groups is 1. The summed E-state index contributed by atoms with van der Waals surface area (Å²) in [4.78, 5) is 24.1. The minimum absolute atomic E-state index is 0.0297. The van der Waals surface area contributed by atoms with Gasteiger partial charge in [0.05, 0.1) is 25.5 Å². The van der Waals surface area contributed by atoms with E-state index >= 15 is 0 Å². The smallest absolute Gasteiger partial charge is 0.253 e. The molecule has 2 fully saturated rings. The first kappa shape index (κ1) is 14.5. The van der Waals surface area contributed by atoms with Crippen LogP contribution in [0.4, 0.5) is 10.3 Å². The molecular weight excluding hydrogens is 295 g/mol. The second-order valence-electron chi connectivity index (χ2n) is 4.94. The molecule has 2 aliphatic rings. The summed E-state index contributed by atoms with van der Waals surface area (Å²) in [6.45, 7) is 3.01. The molecule has 2 aliphatic heterocycles. The Bertz CT molecular complexity index is 495. The van der Waals surface area contributed by atoms with Gasteiger partial charge in [-0.15, -0.1) is 0 Å². The number of rotatable bonds is 2. The average molecular weight is 312 g/mol. The van der Waals surface area contributed by atoms with Crippen molar-refractivity contribution in [2.75, 3.05) is 49.2 Å².